The third kappa shape index (κ3) is 3.16. The van der Waals surface area contributed by atoms with Gasteiger partial charge < -0.3 is 14.8 Å². The zero-order valence-corrected chi connectivity index (χ0v) is 12.4. The maximum Gasteiger partial charge on any atom is 0.142 e. The average molecular weight is 284 g/mol. The number of ether oxygens (including phenoxy) is 2. The predicted octanol–water partition coefficient (Wildman–Crippen LogP) is 2.49. The number of nitrogens with zero attached hydrogens (tertiary/aromatic N) is 1. The second-order valence-corrected chi connectivity index (χ2v) is 5.29. The van der Waals surface area contributed by atoms with Crippen LogP contribution in [-0.2, 0) is 13.0 Å². The van der Waals surface area contributed by atoms with Crippen LogP contribution in [0.4, 0.5) is 0 Å². The van der Waals surface area contributed by atoms with Crippen molar-refractivity contribution >= 4 is 0 Å². The van der Waals surface area contributed by atoms with Crippen LogP contribution in [0, 0.1) is 6.92 Å². The fraction of sp³-hybridized carbons (Fsp3) is 0.353. The summed E-state index contributed by atoms with van der Waals surface area (Å²) >= 11 is 0. The predicted molar refractivity (Wildman–Crippen MR) is 81.8 cm³/mol. The van der Waals surface area contributed by atoms with Gasteiger partial charge in [-0.2, -0.15) is 0 Å². The Kier molecular flexibility index (Phi) is 4.06. The summed E-state index contributed by atoms with van der Waals surface area (Å²) in [5.74, 6) is 1.80. The van der Waals surface area contributed by atoms with Gasteiger partial charge >= 0.3 is 0 Å². The molecule has 0 saturated carbocycles. The minimum atomic E-state index is 0.0751. The van der Waals surface area contributed by atoms with E-state index >= 15 is 0 Å². The van der Waals surface area contributed by atoms with Crippen LogP contribution in [-0.4, -0.2) is 24.7 Å². The van der Waals surface area contributed by atoms with Gasteiger partial charge in [0.05, 0.1) is 5.69 Å². The van der Waals surface area contributed by atoms with Crippen molar-refractivity contribution in [2.75, 3.05) is 13.7 Å². The molecule has 0 spiro atoms. The Balaban J connectivity index is 1.64. The lowest BCUT2D eigenvalue weighted by molar-refractivity contribution is 0.147. The smallest absolute Gasteiger partial charge is 0.142 e. The van der Waals surface area contributed by atoms with E-state index in [9.17, 15) is 0 Å². The number of pyridine rings is 1. The maximum atomic E-state index is 5.93. The van der Waals surface area contributed by atoms with Crippen LogP contribution < -0.4 is 14.8 Å². The second-order valence-electron chi connectivity index (χ2n) is 5.29. The summed E-state index contributed by atoms with van der Waals surface area (Å²) in [6, 6.07) is 12.1. The van der Waals surface area contributed by atoms with Crippen molar-refractivity contribution in [2.24, 2.45) is 0 Å². The van der Waals surface area contributed by atoms with E-state index in [1.807, 2.05) is 44.3 Å². The van der Waals surface area contributed by atoms with Crippen LogP contribution >= 0.6 is 0 Å². The van der Waals surface area contributed by atoms with Crippen LogP contribution in [0.5, 0.6) is 11.5 Å². The topological polar surface area (TPSA) is 43.4 Å². The van der Waals surface area contributed by atoms with Crippen LogP contribution in [0.2, 0.25) is 0 Å². The lowest BCUT2D eigenvalue weighted by atomic mass is 10.1. The molecule has 2 aromatic rings. The molecule has 4 nitrogen and oxygen atoms in total. The average Bonchev–Trinajstić information content (AvgIpc) is 2.89. The summed E-state index contributed by atoms with van der Waals surface area (Å²) in [5.41, 5.74) is 3.19. The molecule has 0 amide bonds. The molecule has 21 heavy (non-hydrogen) atoms. The summed E-state index contributed by atoms with van der Waals surface area (Å²) in [6.07, 6.45) is 0.975. The van der Waals surface area contributed by atoms with E-state index in [2.05, 4.69) is 16.4 Å². The highest BCUT2D eigenvalue weighted by Gasteiger charge is 2.23. The molecular formula is C17H20N2O2. The van der Waals surface area contributed by atoms with E-state index in [4.69, 9.17) is 9.47 Å². The molecule has 0 aliphatic carbocycles. The van der Waals surface area contributed by atoms with Crippen LogP contribution in [0.1, 0.15) is 17.0 Å². The molecule has 1 atom stereocenters. The quantitative estimate of drug-likeness (QED) is 0.916. The van der Waals surface area contributed by atoms with Crippen molar-refractivity contribution in [3.8, 4) is 11.5 Å². The van der Waals surface area contributed by atoms with Gasteiger partial charge in [0.25, 0.3) is 0 Å². The van der Waals surface area contributed by atoms with E-state index in [1.165, 1.54) is 5.56 Å². The maximum absolute atomic E-state index is 5.93. The molecule has 1 unspecified atom stereocenters. The van der Waals surface area contributed by atoms with Gasteiger partial charge in [-0.05, 0) is 37.7 Å². The first-order valence-electron chi connectivity index (χ1n) is 7.25. The van der Waals surface area contributed by atoms with Gasteiger partial charge in [0.2, 0.25) is 0 Å². The Morgan fingerprint density at radius 3 is 2.95 bits per heavy atom. The number of benzene rings is 1. The van der Waals surface area contributed by atoms with Crippen molar-refractivity contribution in [3.63, 3.8) is 0 Å². The van der Waals surface area contributed by atoms with Gasteiger partial charge in [0, 0.05) is 18.7 Å². The number of hydrogen-bond acceptors (Lipinski definition) is 4. The van der Waals surface area contributed by atoms with Gasteiger partial charge in [-0.3, -0.25) is 4.98 Å². The van der Waals surface area contributed by atoms with Gasteiger partial charge in [-0.15, -0.1) is 0 Å². The van der Waals surface area contributed by atoms with E-state index < -0.39 is 0 Å². The number of hydrogen-bond donors (Lipinski definition) is 1. The highest BCUT2D eigenvalue weighted by Crippen LogP contribution is 2.28. The summed E-state index contributed by atoms with van der Waals surface area (Å²) in [7, 11) is 1.91. The second kappa shape index (κ2) is 6.14. The monoisotopic (exact) mass is 284 g/mol. The van der Waals surface area contributed by atoms with E-state index in [-0.39, 0.29) is 6.10 Å². The lowest BCUT2D eigenvalue weighted by Gasteiger charge is -2.15. The Labute approximate surface area is 125 Å². The Morgan fingerprint density at radius 2 is 2.14 bits per heavy atom. The number of aromatic nitrogens is 1. The molecule has 1 aromatic carbocycles. The van der Waals surface area contributed by atoms with Gasteiger partial charge in [0.15, 0.2) is 0 Å². The number of fused-ring (bicyclic) bond motifs is 1. The van der Waals surface area contributed by atoms with Crippen molar-refractivity contribution in [1.29, 1.82) is 0 Å². The summed E-state index contributed by atoms with van der Waals surface area (Å²) in [5, 5.41) is 3.12. The molecule has 1 N–H and O–H groups in total. The standard InChI is InChI=1S/C17H20N2O2/c1-12-7-8-17(15(19-12)10-18-2)20-11-14-9-13-5-3-4-6-16(13)21-14/h3-8,14,18H,9-11H2,1-2H3. The fourth-order valence-electron chi connectivity index (χ4n) is 2.55. The molecule has 110 valence electrons. The molecule has 4 heteroatoms. The Morgan fingerprint density at radius 1 is 1.29 bits per heavy atom. The largest absolute Gasteiger partial charge is 0.488 e. The van der Waals surface area contributed by atoms with Crippen molar-refractivity contribution < 1.29 is 9.47 Å². The summed E-state index contributed by atoms with van der Waals surface area (Å²) in [4.78, 5) is 4.52. The third-order valence-corrected chi connectivity index (χ3v) is 3.55. The molecule has 2 heterocycles. The first-order valence-corrected chi connectivity index (χ1v) is 7.25. The Hall–Kier alpha value is -2.07. The van der Waals surface area contributed by atoms with Crippen LogP contribution in [0.25, 0.3) is 0 Å². The molecule has 0 bridgehead atoms. The highest BCUT2D eigenvalue weighted by atomic mass is 16.5. The van der Waals surface area contributed by atoms with E-state index in [1.54, 1.807) is 0 Å². The first kappa shape index (κ1) is 13.9. The summed E-state index contributed by atoms with van der Waals surface area (Å²) < 4.78 is 11.8. The lowest BCUT2D eigenvalue weighted by Crippen LogP contribution is -2.23. The highest BCUT2D eigenvalue weighted by molar-refractivity contribution is 5.37. The van der Waals surface area contributed by atoms with Crippen molar-refractivity contribution in [3.05, 3.63) is 53.3 Å². The zero-order chi connectivity index (χ0) is 14.7. The van der Waals surface area contributed by atoms with Gasteiger partial charge in [-0.25, -0.2) is 0 Å². The van der Waals surface area contributed by atoms with Gasteiger partial charge in [0.1, 0.15) is 24.2 Å². The fourth-order valence-corrected chi connectivity index (χ4v) is 2.55. The molecule has 3 rings (SSSR count). The first-order chi connectivity index (χ1) is 10.3. The normalized spacial score (nSPS) is 16.4. The zero-order valence-electron chi connectivity index (χ0n) is 12.4. The summed E-state index contributed by atoms with van der Waals surface area (Å²) in [6.45, 7) is 3.22. The molecular weight excluding hydrogens is 264 g/mol. The molecule has 1 aliphatic heterocycles. The van der Waals surface area contributed by atoms with Crippen molar-refractivity contribution in [2.45, 2.75) is 26.0 Å². The number of nitrogens with one attached hydrogen (secondary N) is 1. The molecule has 0 radical (unpaired) electrons. The van der Waals surface area contributed by atoms with E-state index in [0.717, 1.165) is 29.3 Å². The van der Waals surface area contributed by atoms with Crippen LogP contribution in [0.3, 0.4) is 0 Å². The molecule has 1 aromatic heterocycles. The van der Waals surface area contributed by atoms with Crippen molar-refractivity contribution in [1.82, 2.24) is 10.3 Å². The van der Waals surface area contributed by atoms with Crippen LogP contribution in [0.15, 0.2) is 36.4 Å². The van der Waals surface area contributed by atoms with E-state index in [0.29, 0.717) is 13.2 Å². The SMILES string of the molecule is CNCc1nc(C)ccc1OCC1Cc2ccccc2O1. The minimum Gasteiger partial charge on any atom is -0.488 e. The molecule has 1 aliphatic rings. The minimum absolute atomic E-state index is 0.0751. The number of para-hydroxylation sites is 1. The Bertz CT molecular complexity index is 603. The third-order valence-electron chi connectivity index (χ3n) is 3.55. The molecule has 0 fully saturated rings. The van der Waals surface area contributed by atoms with Gasteiger partial charge in [-0.1, -0.05) is 18.2 Å². The number of aryl methyl sites for hydroxylation is 1. The molecule has 0 saturated heterocycles. The number of rotatable bonds is 5.